The summed E-state index contributed by atoms with van der Waals surface area (Å²) in [5, 5.41) is 17.1. The van der Waals surface area contributed by atoms with E-state index in [0.29, 0.717) is 17.9 Å². The van der Waals surface area contributed by atoms with Crippen molar-refractivity contribution in [3.63, 3.8) is 0 Å². The molecule has 7 nitrogen and oxygen atoms in total. The summed E-state index contributed by atoms with van der Waals surface area (Å²) < 4.78 is 22.9. The smallest absolute Gasteiger partial charge is 0.315 e. The van der Waals surface area contributed by atoms with E-state index >= 15 is 0 Å². The van der Waals surface area contributed by atoms with Crippen LogP contribution in [-0.2, 0) is 9.84 Å². The summed E-state index contributed by atoms with van der Waals surface area (Å²) >= 11 is 0. The molecule has 0 spiro atoms. The number of nitrogens with one attached hydrogen (secondary N) is 2. The van der Waals surface area contributed by atoms with Crippen LogP contribution in [0.25, 0.3) is 0 Å². The first kappa shape index (κ1) is 17.2. The van der Waals surface area contributed by atoms with Crippen LogP contribution < -0.4 is 10.6 Å². The number of hydrogen-bond acceptors (Lipinski definition) is 6. The van der Waals surface area contributed by atoms with Crippen LogP contribution in [0, 0.1) is 10.1 Å². The van der Waals surface area contributed by atoms with E-state index in [4.69, 9.17) is 0 Å². The van der Waals surface area contributed by atoms with Crippen LogP contribution in [0.4, 0.5) is 17.1 Å². The maximum atomic E-state index is 11.4. The fourth-order valence-corrected chi connectivity index (χ4v) is 2.47. The number of sulfone groups is 1. The normalized spacial score (nSPS) is 11.1. The van der Waals surface area contributed by atoms with E-state index in [9.17, 15) is 18.5 Å². The second-order valence-corrected chi connectivity index (χ2v) is 7.02. The molecule has 1 aromatic rings. The maximum absolute atomic E-state index is 11.4. The molecular formula is C13H21N3O4S. The van der Waals surface area contributed by atoms with Gasteiger partial charge >= 0.3 is 5.69 Å². The van der Waals surface area contributed by atoms with Crippen molar-refractivity contribution in [2.24, 2.45) is 0 Å². The van der Waals surface area contributed by atoms with Crippen LogP contribution in [0.1, 0.15) is 20.3 Å². The van der Waals surface area contributed by atoms with Gasteiger partial charge in [0.15, 0.2) is 9.84 Å². The zero-order valence-electron chi connectivity index (χ0n) is 12.3. The predicted molar refractivity (Wildman–Crippen MR) is 84.7 cm³/mol. The van der Waals surface area contributed by atoms with E-state index in [1.807, 2.05) is 6.92 Å². The van der Waals surface area contributed by atoms with Gasteiger partial charge in [0.2, 0.25) is 0 Å². The fourth-order valence-electron chi connectivity index (χ4n) is 1.77. The third kappa shape index (κ3) is 5.22. The lowest BCUT2D eigenvalue weighted by molar-refractivity contribution is -0.383. The van der Waals surface area contributed by atoms with E-state index in [0.717, 1.165) is 6.42 Å². The van der Waals surface area contributed by atoms with Gasteiger partial charge in [0.25, 0.3) is 0 Å². The minimum atomic E-state index is -3.10. The standard InChI is InChI=1S/C13H21N3O4S/c1-3-8-14-11-6-5-7-12(13(11)16(17)18)15-9-10-21(19,20)4-2/h5-7,14-15H,3-4,8-10H2,1-2H3. The van der Waals surface area contributed by atoms with Gasteiger partial charge in [-0.3, -0.25) is 10.1 Å². The van der Waals surface area contributed by atoms with Gasteiger partial charge in [-0.1, -0.05) is 19.9 Å². The number of para-hydroxylation sites is 1. The van der Waals surface area contributed by atoms with Gasteiger partial charge in [0.05, 0.1) is 10.7 Å². The predicted octanol–water partition coefficient (Wildman–Crippen LogP) is 2.26. The molecule has 0 fully saturated rings. The number of nitrogens with zero attached hydrogens (tertiary/aromatic N) is 1. The Balaban J connectivity index is 2.88. The summed E-state index contributed by atoms with van der Waals surface area (Å²) in [6, 6.07) is 4.91. The lowest BCUT2D eigenvalue weighted by Crippen LogP contribution is -2.18. The molecule has 0 amide bonds. The monoisotopic (exact) mass is 315 g/mol. The zero-order valence-corrected chi connectivity index (χ0v) is 13.1. The number of anilines is 2. The lowest BCUT2D eigenvalue weighted by Gasteiger charge is -2.11. The van der Waals surface area contributed by atoms with Crippen LogP contribution >= 0.6 is 0 Å². The molecule has 1 aromatic carbocycles. The molecule has 0 heterocycles. The Morgan fingerprint density at radius 2 is 1.71 bits per heavy atom. The second kappa shape index (κ2) is 7.82. The third-order valence-corrected chi connectivity index (χ3v) is 4.66. The molecule has 1 rings (SSSR count). The van der Waals surface area contributed by atoms with Crippen LogP contribution in [0.15, 0.2) is 18.2 Å². The minimum absolute atomic E-state index is 0.0483. The number of nitro groups is 1. The summed E-state index contributed by atoms with van der Waals surface area (Å²) in [7, 11) is -3.10. The molecule has 0 aliphatic rings. The molecule has 0 saturated carbocycles. The molecule has 21 heavy (non-hydrogen) atoms. The van der Waals surface area contributed by atoms with E-state index in [1.54, 1.807) is 25.1 Å². The molecule has 8 heteroatoms. The van der Waals surface area contributed by atoms with Gasteiger partial charge in [-0.05, 0) is 18.6 Å². The highest BCUT2D eigenvalue weighted by molar-refractivity contribution is 7.91. The largest absolute Gasteiger partial charge is 0.379 e. The van der Waals surface area contributed by atoms with E-state index in [-0.39, 0.29) is 23.7 Å². The van der Waals surface area contributed by atoms with E-state index in [1.165, 1.54) is 0 Å². The van der Waals surface area contributed by atoms with E-state index in [2.05, 4.69) is 10.6 Å². The highest BCUT2D eigenvalue weighted by atomic mass is 32.2. The first-order valence-corrected chi connectivity index (χ1v) is 8.69. The molecule has 0 aliphatic carbocycles. The number of nitro benzene ring substituents is 1. The molecule has 118 valence electrons. The number of benzene rings is 1. The van der Waals surface area contributed by atoms with Crippen LogP contribution in [0.5, 0.6) is 0 Å². The Morgan fingerprint density at radius 1 is 1.14 bits per heavy atom. The highest BCUT2D eigenvalue weighted by Crippen LogP contribution is 2.32. The van der Waals surface area contributed by atoms with Gasteiger partial charge in [-0.2, -0.15) is 0 Å². The molecule has 2 N–H and O–H groups in total. The van der Waals surface area contributed by atoms with Gasteiger partial charge in [-0.25, -0.2) is 8.42 Å². The highest BCUT2D eigenvalue weighted by Gasteiger charge is 2.19. The van der Waals surface area contributed by atoms with Crippen molar-refractivity contribution < 1.29 is 13.3 Å². The SMILES string of the molecule is CCCNc1cccc(NCCS(=O)(=O)CC)c1[N+](=O)[O-]. The van der Waals surface area contributed by atoms with Crippen molar-refractivity contribution >= 4 is 26.9 Å². The van der Waals surface area contributed by atoms with Gasteiger partial charge in [-0.15, -0.1) is 0 Å². The summed E-state index contributed by atoms with van der Waals surface area (Å²) in [6.45, 7) is 4.33. The number of hydrogen-bond donors (Lipinski definition) is 2. The zero-order chi connectivity index (χ0) is 15.9. The molecule has 0 unspecified atom stereocenters. The average Bonchev–Trinajstić information content (AvgIpc) is 2.44. The first-order chi connectivity index (χ1) is 9.91. The van der Waals surface area contributed by atoms with Gasteiger partial charge in [0, 0.05) is 18.8 Å². The summed E-state index contributed by atoms with van der Waals surface area (Å²) in [5.41, 5.74) is 0.706. The Morgan fingerprint density at radius 3 is 2.19 bits per heavy atom. The first-order valence-electron chi connectivity index (χ1n) is 6.86. The molecule has 0 aromatic heterocycles. The average molecular weight is 315 g/mol. The van der Waals surface area contributed by atoms with Crippen LogP contribution in [-0.4, -0.2) is 37.9 Å². The summed E-state index contributed by atoms with van der Waals surface area (Å²) in [4.78, 5) is 10.8. The van der Waals surface area contributed by atoms with Crippen molar-refractivity contribution in [1.82, 2.24) is 0 Å². The van der Waals surface area contributed by atoms with Crippen molar-refractivity contribution in [2.75, 3.05) is 35.2 Å². The fraction of sp³-hybridized carbons (Fsp3) is 0.538. The Bertz CT molecular complexity index is 587. The lowest BCUT2D eigenvalue weighted by atomic mass is 10.2. The van der Waals surface area contributed by atoms with Crippen molar-refractivity contribution in [2.45, 2.75) is 20.3 Å². The quantitative estimate of drug-likeness (QED) is 0.535. The molecule has 0 radical (unpaired) electrons. The molecule has 0 bridgehead atoms. The van der Waals surface area contributed by atoms with Crippen LogP contribution in [0.2, 0.25) is 0 Å². The van der Waals surface area contributed by atoms with Crippen molar-refractivity contribution in [3.05, 3.63) is 28.3 Å². The van der Waals surface area contributed by atoms with E-state index < -0.39 is 14.8 Å². The second-order valence-electron chi connectivity index (χ2n) is 4.55. The topological polar surface area (TPSA) is 101 Å². The summed E-state index contributed by atoms with van der Waals surface area (Å²) in [6.07, 6.45) is 0.851. The molecular weight excluding hydrogens is 294 g/mol. The maximum Gasteiger partial charge on any atom is 0.315 e. The molecule has 0 saturated heterocycles. The van der Waals surface area contributed by atoms with Gasteiger partial charge < -0.3 is 10.6 Å². The third-order valence-electron chi connectivity index (χ3n) is 2.95. The van der Waals surface area contributed by atoms with Crippen LogP contribution in [0.3, 0.4) is 0 Å². The van der Waals surface area contributed by atoms with Gasteiger partial charge in [0.1, 0.15) is 11.4 Å². The van der Waals surface area contributed by atoms with Crippen molar-refractivity contribution in [1.29, 1.82) is 0 Å². The number of rotatable bonds is 9. The Hall–Kier alpha value is -1.83. The summed E-state index contributed by atoms with van der Waals surface area (Å²) in [5.74, 6) is 0.0160. The Labute approximate surface area is 124 Å². The Kier molecular flexibility index (Phi) is 6.41. The molecule has 0 atom stereocenters. The minimum Gasteiger partial charge on any atom is -0.379 e. The van der Waals surface area contributed by atoms with Crippen molar-refractivity contribution in [3.8, 4) is 0 Å². The molecule has 0 aliphatic heterocycles.